The summed E-state index contributed by atoms with van der Waals surface area (Å²) in [5, 5.41) is 0.711. The van der Waals surface area contributed by atoms with E-state index in [1.54, 1.807) is 6.20 Å². The van der Waals surface area contributed by atoms with Crippen molar-refractivity contribution >= 4 is 38.7 Å². The number of nitrogens with zero attached hydrogens (tertiary/aromatic N) is 2. The van der Waals surface area contributed by atoms with Crippen LogP contribution in [0.4, 0.5) is 5.82 Å². The van der Waals surface area contributed by atoms with E-state index in [0.717, 1.165) is 17.8 Å². The summed E-state index contributed by atoms with van der Waals surface area (Å²) in [6, 6.07) is 0. The molecule has 5 heteroatoms. The summed E-state index contributed by atoms with van der Waals surface area (Å²) in [6.45, 7) is 2.00. The summed E-state index contributed by atoms with van der Waals surface area (Å²) < 4.78 is 0. The first kappa shape index (κ1) is 11.8. The maximum absolute atomic E-state index is 5.63. The van der Waals surface area contributed by atoms with Gasteiger partial charge in [-0.15, -0.1) is 17.0 Å². The second-order valence-electron chi connectivity index (χ2n) is 2.18. The van der Waals surface area contributed by atoms with E-state index in [-0.39, 0.29) is 17.0 Å². The van der Waals surface area contributed by atoms with E-state index >= 15 is 0 Å². The van der Waals surface area contributed by atoms with Gasteiger partial charge in [-0.1, -0.05) is 22.9 Å². The largest absolute Gasteiger partial charge is 0.383 e. The Labute approximate surface area is 90.7 Å². The predicted octanol–water partition coefficient (Wildman–Crippen LogP) is 2.09. The van der Waals surface area contributed by atoms with Crippen molar-refractivity contribution in [2.75, 3.05) is 5.73 Å². The number of hydrogen-bond acceptors (Lipinski definition) is 3. The molecule has 0 aliphatic carbocycles. The van der Waals surface area contributed by atoms with Gasteiger partial charge in [0.05, 0.1) is 0 Å². The first-order chi connectivity index (χ1) is 5.27. The highest BCUT2D eigenvalue weighted by Gasteiger charge is 1.99. The van der Waals surface area contributed by atoms with E-state index in [1.807, 2.05) is 6.92 Å². The molecular formula is C7H11Br2N3. The molecule has 2 N–H and O–H groups in total. The first-order valence-electron chi connectivity index (χ1n) is 3.44. The quantitative estimate of drug-likeness (QED) is 0.850. The summed E-state index contributed by atoms with van der Waals surface area (Å²) >= 11 is 3.29. The zero-order valence-electron chi connectivity index (χ0n) is 6.75. The van der Waals surface area contributed by atoms with Gasteiger partial charge in [0, 0.05) is 23.5 Å². The molecule has 1 aromatic heterocycles. The molecule has 1 heterocycles. The maximum Gasteiger partial charge on any atom is 0.131 e. The number of aromatic nitrogens is 2. The molecule has 0 amide bonds. The second-order valence-corrected chi connectivity index (χ2v) is 2.74. The Balaban J connectivity index is 0.00000121. The fraction of sp³-hybridized carbons (Fsp3) is 0.429. The minimum Gasteiger partial charge on any atom is -0.383 e. The van der Waals surface area contributed by atoms with Crippen molar-refractivity contribution < 1.29 is 0 Å². The van der Waals surface area contributed by atoms with Crippen LogP contribution in [0.2, 0.25) is 0 Å². The Morgan fingerprint density at radius 2 is 2.25 bits per heavy atom. The standard InChI is InChI=1S/C7H10BrN3.BrH/c1-2-6-10-4-5(3-8)7(9)11-6;/h4H,2-3H2,1H3,(H2,9,10,11);1H. The number of anilines is 1. The molecule has 3 nitrogen and oxygen atoms in total. The normalized spacial score (nSPS) is 9.17. The average molecular weight is 297 g/mol. The van der Waals surface area contributed by atoms with Crippen LogP contribution < -0.4 is 5.73 Å². The lowest BCUT2D eigenvalue weighted by Gasteiger charge is -2.01. The molecule has 0 aliphatic heterocycles. The highest BCUT2D eigenvalue weighted by molar-refractivity contribution is 9.08. The summed E-state index contributed by atoms with van der Waals surface area (Å²) in [5.41, 5.74) is 6.57. The zero-order chi connectivity index (χ0) is 8.27. The fourth-order valence-corrected chi connectivity index (χ4v) is 1.16. The fourth-order valence-electron chi connectivity index (χ4n) is 0.732. The summed E-state index contributed by atoms with van der Waals surface area (Å²) in [6.07, 6.45) is 2.59. The van der Waals surface area contributed by atoms with Gasteiger partial charge in [0.25, 0.3) is 0 Å². The van der Waals surface area contributed by atoms with Crippen molar-refractivity contribution in [1.29, 1.82) is 0 Å². The molecule has 0 spiro atoms. The number of aryl methyl sites for hydroxylation is 1. The topological polar surface area (TPSA) is 51.8 Å². The summed E-state index contributed by atoms with van der Waals surface area (Å²) in [4.78, 5) is 8.21. The molecule has 0 aliphatic rings. The maximum atomic E-state index is 5.63. The van der Waals surface area contributed by atoms with Gasteiger partial charge in [-0.2, -0.15) is 0 Å². The molecule has 68 valence electrons. The molecule has 1 rings (SSSR count). The van der Waals surface area contributed by atoms with Crippen LogP contribution in [0.5, 0.6) is 0 Å². The third kappa shape index (κ3) is 2.71. The van der Waals surface area contributed by atoms with Crippen molar-refractivity contribution in [3.05, 3.63) is 17.6 Å². The summed E-state index contributed by atoms with van der Waals surface area (Å²) in [7, 11) is 0. The highest BCUT2D eigenvalue weighted by Crippen LogP contribution is 2.10. The van der Waals surface area contributed by atoms with Gasteiger partial charge in [0.15, 0.2) is 0 Å². The lowest BCUT2D eigenvalue weighted by atomic mass is 10.3. The Bertz CT molecular complexity index is 252. The van der Waals surface area contributed by atoms with Gasteiger partial charge < -0.3 is 5.73 Å². The van der Waals surface area contributed by atoms with Gasteiger partial charge in [-0.25, -0.2) is 9.97 Å². The zero-order valence-corrected chi connectivity index (χ0v) is 10.0. The van der Waals surface area contributed by atoms with Crippen molar-refractivity contribution in [3.63, 3.8) is 0 Å². The average Bonchev–Trinajstić information content (AvgIpc) is 2.04. The second kappa shape index (κ2) is 5.48. The number of nitrogens with two attached hydrogens (primary N) is 1. The first-order valence-corrected chi connectivity index (χ1v) is 4.56. The van der Waals surface area contributed by atoms with E-state index in [9.17, 15) is 0 Å². The van der Waals surface area contributed by atoms with Gasteiger partial charge in [-0.3, -0.25) is 0 Å². The number of halogens is 2. The lowest BCUT2D eigenvalue weighted by Crippen LogP contribution is -2.01. The van der Waals surface area contributed by atoms with Crippen molar-refractivity contribution in [1.82, 2.24) is 9.97 Å². The third-order valence-electron chi connectivity index (χ3n) is 1.41. The van der Waals surface area contributed by atoms with Crippen LogP contribution in [0.15, 0.2) is 6.20 Å². The van der Waals surface area contributed by atoms with Gasteiger partial charge >= 0.3 is 0 Å². The summed E-state index contributed by atoms with van der Waals surface area (Å²) in [5.74, 6) is 1.38. The van der Waals surface area contributed by atoms with Crippen LogP contribution in [-0.4, -0.2) is 9.97 Å². The number of alkyl halides is 1. The highest BCUT2D eigenvalue weighted by atomic mass is 79.9. The van der Waals surface area contributed by atoms with Crippen LogP contribution in [0.25, 0.3) is 0 Å². The van der Waals surface area contributed by atoms with Crippen molar-refractivity contribution in [2.45, 2.75) is 18.7 Å². The molecule has 0 aromatic carbocycles. The number of hydrogen-bond donors (Lipinski definition) is 1. The van der Waals surface area contributed by atoms with Crippen molar-refractivity contribution in [2.24, 2.45) is 0 Å². The number of nitrogen functional groups attached to an aromatic ring is 1. The molecule has 0 bridgehead atoms. The molecule has 0 atom stereocenters. The molecule has 12 heavy (non-hydrogen) atoms. The molecule has 0 fully saturated rings. The van der Waals surface area contributed by atoms with Gasteiger partial charge in [-0.05, 0) is 0 Å². The van der Waals surface area contributed by atoms with Crippen LogP contribution in [0, 0.1) is 0 Å². The third-order valence-corrected chi connectivity index (χ3v) is 2.01. The van der Waals surface area contributed by atoms with E-state index < -0.39 is 0 Å². The van der Waals surface area contributed by atoms with Crippen LogP contribution in [0.1, 0.15) is 18.3 Å². The van der Waals surface area contributed by atoms with Crippen LogP contribution in [0.3, 0.4) is 0 Å². The lowest BCUT2D eigenvalue weighted by molar-refractivity contribution is 0.934. The number of rotatable bonds is 2. The Morgan fingerprint density at radius 3 is 2.67 bits per heavy atom. The molecule has 0 saturated heterocycles. The molecule has 0 unspecified atom stereocenters. The minimum atomic E-state index is 0. The van der Waals surface area contributed by atoms with Crippen LogP contribution in [-0.2, 0) is 11.8 Å². The molecule has 0 saturated carbocycles. The van der Waals surface area contributed by atoms with E-state index in [2.05, 4.69) is 25.9 Å². The monoisotopic (exact) mass is 295 g/mol. The minimum absolute atomic E-state index is 0. The molecule has 1 aromatic rings. The Hall–Kier alpha value is -0.160. The Morgan fingerprint density at radius 1 is 1.58 bits per heavy atom. The smallest absolute Gasteiger partial charge is 0.131 e. The van der Waals surface area contributed by atoms with Crippen LogP contribution >= 0.6 is 32.9 Å². The van der Waals surface area contributed by atoms with Gasteiger partial charge in [0.2, 0.25) is 0 Å². The Kier molecular flexibility index (Phi) is 5.41. The molecular weight excluding hydrogens is 286 g/mol. The van der Waals surface area contributed by atoms with Gasteiger partial charge in [0.1, 0.15) is 11.6 Å². The van der Waals surface area contributed by atoms with E-state index in [1.165, 1.54) is 0 Å². The predicted molar refractivity (Wildman–Crippen MR) is 58.8 cm³/mol. The molecule has 0 radical (unpaired) electrons. The van der Waals surface area contributed by atoms with E-state index in [0.29, 0.717) is 11.1 Å². The van der Waals surface area contributed by atoms with Crippen molar-refractivity contribution in [3.8, 4) is 0 Å². The SMILES string of the molecule is Br.CCc1ncc(CBr)c(N)n1. The van der Waals surface area contributed by atoms with E-state index in [4.69, 9.17) is 5.73 Å².